The summed E-state index contributed by atoms with van der Waals surface area (Å²) in [6.07, 6.45) is 0. The number of furan rings is 1. The highest BCUT2D eigenvalue weighted by Gasteiger charge is 2.19. The number of hydrogen-bond donors (Lipinski definition) is 1. The van der Waals surface area contributed by atoms with Crippen molar-refractivity contribution in [3.05, 3.63) is 33.1 Å². The van der Waals surface area contributed by atoms with E-state index in [0.717, 1.165) is 16.1 Å². The molecule has 0 atom stereocenters. The molecule has 0 saturated carbocycles. The summed E-state index contributed by atoms with van der Waals surface area (Å²) in [4.78, 5) is 18.0. The molecule has 0 spiro atoms. The first-order valence-electron chi connectivity index (χ1n) is 7.02. The number of rotatable bonds is 5. The van der Waals surface area contributed by atoms with Crippen LogP contribution in [0.1, 0.15) is 21.1 Å². The summed E-state index contributed by atoms with van der Waals surface area (Å²) in [5, 5.41) is 3.45. The number of anilines is 1. The Balaban J connectivity index is 1.93. The minimum atomic E-state index is -0.211. The summed E-state index contributed by atoms with van der Waals surface area (Å²) >= 11 is 4.78. The first-order chi connectivity index (χ1) is 11.0. The first kappa shape index (κ1) is 16.2. The molecular formula is C15H16BrN3O3S. The number of carbonyl (C=O) groups is 1. The standard InChI is InChI=1S/C15H16BrN3O3S/c1-8-9(2)23-15(17-8)18-14(20)11-6-12-10(7-13(16)22-12)19(11)4-5-21-3/h6-7H,4-5H2,1-3H3,(H,17,18,20). The number of hydrogen-bond acceptors (Lipinski definition) is 5. The molecule has 3 rings (SSSR count). The number of aromatic nitrogens is 2. The highest BCUT2D eigenvalue weighted by Crippen LogP contribution is 2.28. The van der Waals surface area contributed by atoms with Crippen LogP contribution >= 0.6 is 27.3 Å². The van der Waals surface area contributed by atoms with Crippen LogP contribution in [0.25, 0.3) is 11.1 Å². The molecule has 3 aromatic heterocycles. The number of amides is 1. The third-order valence-corrected chi connectivity index (χ3v) is 4.94. The molecule has 0 fully saturated rings. The Morgan fingerprint density at radius 2 is 2.26 bits per heavy atom. The van der Waals surface area contributed by atoms with Gasteiger partial charge in [0.05, 0.1) is 17.8 Å². The number of aryl methyl sites for hydroxylation is 2. The van der Waals surface area contributed by atoms with Crippen LogP contribution in [0.3, 0.4) is 0 Å². The minimum Gasteiger partial charge on any atom is -0.448 e. The Morgan fingerprint density at radius 3 is 2.91 bits per heavy atom. The quantitative estimate of drug-likeness (QED) is 0.706. The van der Waals surface area contributed by atoms with Gasteiger partial charge in [0.2, 0.25) is 0 Å². The van der Waals surface area contributed by atoms with Crippen LogP contribution in [0.15, 0.2) is 21.2 Å². The highest BCUT2D eigenvalue weighted by atomic mass is 79.9. The zero-order valence-corrected chi connectivity index (χ0v) is 15.4. The maximum atomic E-state index is 12.6. The molecule has 0 aliphatic rings. The summed E-state index contributed by atoms with van der Waals surface area (Å²) in [6, 6.07) is 3.58. The number of carbonyl (C=O) groups excluding carboxylic acids is 1. The van der Waals surface area contributed by atoms with E-state index in [1.807, 2.05) is 24.5 Å². The molecule has 23 heavy (non-hydrogen) atoms. The van der Waals surface area contributed by atoms with E-state index in [0.29, 0.717) is 34.2 Å². The van der Waals surface area contributed by atoms with Crippen LogP contribution in [0.2, 0.25) is 0 Å². The molecule has 3 aromatic rings. The van der Waals surface area contributed by atoms with Crippen molar-refractivity contribution in [3.8, 4) is 0 Å². The Bertz CT molecular complexity index is 845. The van der Waals surface area contributed by atoms with Gasteiger partial charge in [-0.2, -0.15) is 0 Å². The number of methoxy groups -OCH3 is 1. The predicted octanol–water partition coefficient (Wildman–Crippen LogP) is 3.97. The van der Waals surface area contributed by atoms with E-state index in [1.54, 1.807) is 13.2 Å². The van der Waals surface area contributed by atoms with Crippen molar-refractivity contribution in [2.45, 2.75) is 20.4 Å². The lowest BCUT2D eigenvalue weighted by Crippen LogP contribution is -2.18. The molecule has 0 unspecified atom stereocenters. The molecule has 0 aromatic carbocycles. The van der Waals surface area contributed by atoms with Crippen LogP contribution in [0.5, 0.6) is 0 Å². The fourth-order valence-corrected chi connectivity index (χ4v) is 3.51. The van der Waals surface area contributed by atoms with Crippen molar-refractivity contribution < 1.29 is 13.9 Å². The van der Waals surface area contributed by atoms with Gasteiger partial charge in [0.15, 0.2) is 15.4 Å². The molecule has 3 heterocycles. The van der Waals surface area contributed by atoms with Crippen molar-refractivity contribution in [2.75, 3.05) is 19.0 Å². The molecule has 6 nitrogen and oxygen atoms in total. The lowest BCUT2D eigenvalue weighted by atomic mass is 10.4. The second kappa shape index (κ2) is 6.46. The van der Waals surface area contributed by atoms with Crippen LogP contribution < -0.4 is 5.32 Å². The van der Waals surface area contributed by atoms with Gasteiger partial charge < -0.3 is 13.7 Å². The molecule has 122 valence electrons. The van der Waals surface area contributed by atoms with Gasteiger partial charge >= 0.3 is 0 Å². The molecule has 0 bridgehead atoms. The number of fused-ring (bicyclic) bond motifs is 1. The Kier molecular flexibility index (Phi) is 4.56. The number of nitrogens with one attached hydrogen (secondary N) is 1. The zero-order chi connectivity index (χ0) is 16.6. The number of ether oxygens (including phenoxy) is 1. The molecule has 1 amide bonds. The summed E-state index contributed by atoms with van der Waals surface area (Å²) in [6.45, 7) is 4.97. The van der Waals surface area contributed by atoms with Gasteiger partial charge in [-0.25, -0.2) is 4.98 Å². The molecule has 0 aliphatic carbocycles. The molecule has 1 N–H and O–H groups in total. The molecule has 0 saturated heterocycles. The number of nitrogens with zero attached hydrogens (tertiary/aromatic N) is 2. The van der Waals surface area contributed by atoms with Crippen LogP contribution in [-0.2, 0) is 11.3 Å². The monoisotopic (exact) mass is 397 g/mol. The van der Waals surface area contributed by atoms with Gasteiger partial charge in [-0.15, -0.1) is 11.3 Å². The lowest BCUT2D eigenvalue weighted by Gasteiger charge is -2.08. The Morgan fingerprint density at radius 1 is 1.48 bits per heavy atom. The third-order valence-electron chi connectivity index (χ3n) is 3.56. The van der Waals surface area contributed by atoms with Crippen LogP contribution in [-0.4, -0.2) is 29.2 Å². The summed E-state index contributed by atoms with van der Waals surface area (Å²) < 4.78 is 13.2. The van der Waals surface area contributed by atoms with Gasteiger partial charge in [-0.05, 0) is 29.8 Å². The Hall–Kier alpha value is -1.64. The van der Waals surface area contributed by atoms with E-state index in [2.05, 4.69) is 26.2 Å². The van der Waals surface area contributed by atoms with Gasteiger partial charge in [0, 0.05) is 30.7 Å². The van der Waals surface area contributed by atoms with Crippen molar-refractivity contribution in [1.82, 2.24) is 9.55 Å². The average molecular weight is 398 g/mol. The maximum absolute atomic E-state index is 12.6. The van der Waals surface area contributed by atoms with Crippen molar-refractivity contribution in [2.24, 2.45) is 0 Å². The number of halogens is 1. The summed E-state index contributed by atoms with van der Waals surface area (Å²) in [7, 11) is 1.63. The highest BCUT2D eigenvalue weighted by molar-refractivity contribution is 9.10. The second-order valence-corrected chi connectivity index (χ2v) is 7.07. The SMILES string of the molecule is COCCn1c(C(=O)Nc2nc(C)c(C)s2)cc2oc(Br)cc21. The maximum Gasteiger partial charge on any atom is 0.274 e. The van der Waals surface area contributed by atoms with Crippen LogP contribution in [0.4, 0.5) is 5.13 Å². The van der Waals surface area contributed by atoms with Crippen molar-refractivity contribution in [3.63, 3.8) is 0 Å². The van der Waals surface area contributed by atoms with E-state index in [1.165, 1.54) is 11.3 Å². The van der Waals surface area contributed by atoms with E-state index in [-0.39, 0.29) is 5.91 Å². The van der Waals surface area contributed by atoms with E-state index in [4.69, 9.17) is 9.15 Å². The fourth-order valence-electron chi connectivity index (χ4n) is 2.31. The van der Waals surface area contributed by atoms with E-state index >= 15 is 0 Å². The molecule has 0 aliphatic heterocycles. The summed E-state index contributed by atoms with van der Waals surface area (Å²) in [5.41, 5.74) is 2.96. The number of thiazole rings is 1. The fraction of sp³-hybridized carbons (Fsp3) is 0.333. The van der Waals surface area contributed by atoms with E-state index in [9.17, 15) is 4.79 Å². The van der Waals surface area contributed by atoms with Gasteiger partial charge in [-0.1, -0.05) is 0 Å². The van der Waals surface area contributed by atoms with Crippen molar-refractivity contribution >= 4 is 49.4 Å². The van der Waals surface area contributed by atoms with Gasteiger partial charge in [0.25, 0.3) is 5.91 Å². The largest absolute Gasteiger partial charge is 0.448 e. The van der Waals surface area contributed by atoms with Crippen LogP contribution in [0, 0.1) is 13.8 Å². The smallest absolute Gasteiger partial charge is 0.274 e. The third kappa shape index (κ3) is 3.19. The van der Waals surface area contributed by atoms with Gasteiger partial charge in [0.1, 0.15) is 5.69 Å². The first-order valence-corrected chi connectivity index (χ1v) is 8.63. The van der Waals surface area contributed by atoms with E-state index < -0.39 is 0 Å². The molecule has 8 heteroatoms. The molecular weight excluding hydrogens is 382 g/mol. The second-order valence-electron chi connectivity index (χ2n) is 5.09. The average Bonchev–Trinajstić information content (AvgIpc) is 3.10. The van der Waals surface area contributed by atoms with Gasteiger partial charge in [-0.3, -0.25) is 10.1 Å². The summed E-state index contributed by atoms with van der Waals surface area (Å²) in [5.74, 6) is -0.211. The predicted molar refractivity (Wildman–Crippen MR) is 93.3 cm³/mol. The topological polar surface area (TPSA) is 69.3 Å². The zero-order valence-electron chi connectivity index (χ0n) is 13.0. The lowest BCUT2D eigenvalue weighted by molar-refractivity contribution is 0.101. The molecule has 0 radical (unpaired) electrons. The Labute approximate surface area is 145 Å². The normalized spacial score (nSPS) is 11.3. The van der Waals surface area contributed by atoms with Crippen molar-refractivity contribution in [1.29, 1.82) is 0 Å². The minimum absolute atomic E-state index is 0.211.